The minimum Gasteiger partial charge on any atom is -0.509 e. The molecule has 2 unspecified atom stereocenters. The Balaban J connectivity index is 2.21. The summed E-state index contributed by atoms with van der Waals surface area (Å²) in [5, 5.41) is 19.6. The fraction of sp³-hybridized carbons (Fsp3) is 0.700. The summed E-state index contributed by atoms with van der Waals surface area (Å²) in [5.41, 5.74) is 0. The second kappa shape index (κ2) is 4.31. The van der Waals surface area contributed by atoms with Crippen LogP contribution in [-0.2, 0) is 14.4 Å². The van der Waals surface area contributed by atoms with Crippen LogP contribution in [0.15, 0.2) is 11.5 Å². The number of carbonyl (C=O) groups excluding carboxylic acids is 1. The molecular formula is C10H15NO5. The predicted octanol–water partition coefficient (Wildman–Crippen LogP) is 1.12. The van der Waals surface area contributed by atoms with Crippen molar-refractivity contribution >= 4 is 5.97 Å². The molecule has 90 valence electrons. The van der Waals surface area contributed by atoms with Crippen LogP contribution in [0, 0.1) is 5.92 Å². The van der Waals surface area contributed by atoms with E-state index in [-0.39, 0.29) is 18.3 Å². The van der Waals surface area contributed by atoms with E-state index in [4.69, 9.17) is 9.57 Å². The zero-order valence-electron chi connectivity index (χ0n) is 9.05. The van der Waals surface area contributed by atoms with Gasteiger partial charge in [-0.2, -0.15) is 0 Å². The third kappa shape index (κ3) is 1.74. The van der Waals surface area contributed by atoms with Gasteiger partial charge in [0.15, 0.2) is 11.8 Å². The number of esters is 1. The van der Waals surface area contributed by atoms with Gasteiger partial charge in [-0.15, -0.1) is 0 Å². The molecule has 2 N–H and O–H groups in total. The summed E-state index contributed by atoms with van der Waals surface area (Å²) < 4.78 is 4.86. The third-order valence-electron chi connectivity index (χ3n) is 2.89. The van der Waals surface area contributed by atoms with Crippen molar-refractivity contribution in [3.05, 3.63) is 11.5 Å². The fourth-order valence-corrected chi connectivity index (χ4v) is 2.17. The molecule has 0 amide bonds. The van der Waals surface area contributed by atoms with Crippen molar-refractivity contribution in [3.8, 4) is 0 Å². The summed E-state index contributed by atoms with van der Waals surface area (Å²) in [4.78, 5) is 16.6. The van der Waals surface area contributed by atoms with Crippen LogP contribution >= 0.6 is 0 Å². The summed E-state index contributed by atoms with van der Waals surface area (Å²) in [6.45, 7) is 1.95. The van der Waals surface area contributed by atoms with Gasteiger partial charge in [0.05, 0.1) is 12.5 Å². The van der Waals surface area contributed by atoms with E-state index in [9.17, 15) is 15.1 Å². The zero-order chi connectivity index (χ0) is 11.7. The smallest absolute Gasteiger partial charge is 0.330 e. The van der Waals surface area contributed by atoms with Crippen LogP contribution in [0.4, 0.5) is 0 Å². The predicted molar refractivity (Wildman–Crippen MR) is 52.1 cm³/mol. The average molecular weight is 229 g/mol. The zero-order valence-corrected chi connectivity index (χ0v) is 9.05. The second-order valence-corrected chi connectivity index (χ2v) is 3.90. The third-order valence-corrected chi connectivity index (χ3v) is 2.89. The molecule has 1 aliphatic heterocycles. The van der Waals surface area contributed by atoms with Gasteiger partial charge in [0.25, 0.3) is 0 Å². The van der Waals surface area contributed by atoms with Crippen LogP contribution in [0.25, 0.3) is 0 Å². The normalized spacial score (nSPS) is 29.9. The van der Waals surface area contributed by atoms with E-state index in [0.717, 1.165) is 6.42 Å². The number of aliphatic hydroxyl groups is 1. The Morgan fingerprint density at radius 3 is 3.12 bits per heavy atom. The van der Waals surface area contributed by atoms with Gasteiger partial charge in [-0.25, -0.2) is 0 Å². The molecule has 0 aromatic heterocycles. The molecule has 16 heavy (non-hydrogen) atoms. The SMILES string of the molecule is CCOC(=O)C1C2CCCC(O)=C2ON1O. The minimum atomic E-state index is -0.864. The lowest BCUT2D eigenvalue weighted by atomic mass is 9.88. The van der Waals surface area contributed by atoms with Crippen molar-refractivity contribution in [2.45, 2.75) is 32.2 Å². The molecule has 0 bridgehead atoms. The van der Waals surface area contributed by atoms with Crippen molar-refractivity contribution in [2.24, 2.45) is 5.92 Å². The molecule has 0 aromatic carbocycles. The standard InChI is InChI=1S/C10H15NO5/c1-2-15-10(13)8-6-4-3-5-7(12)9(6)16-11(8)14/h6,8,12,14H,2-5H2,1H3. The van der Waals surface area contributed by atoms with Gasteiger partial charge >= 0.3 is 5.97 Å². The molecule has 1 aliphatic carbocycles. The Hall–Kier alpha value is -1.27. The molecule has 1 fully saturated rings. The number of hydroxylamine groups is 2. The lowest BCUT2D eigenvalue weighted by molar-refractivity contribution is -0.312. The molecule has 0 saturated carbocycles. The van der Waals surface area contributed by atoms with Gasteiger partial charge in [0, 0.05) is 6.42 Å². The second-order valence-electron chi connectivity index (χ2n) is 3.90. The molecule has 2 rings (SSSR count). The monoisotopic (exact) mass is 229 g/mol. The number of aliphatic hydroxyl groups excluding tert-OH is 1. The quantitative estimate of drug-likeness (QED) is 0.691. The highest BCUT2D eigenvalue weighted by Crippen LogP contribution is 2.39. The molecule has 0 spiro atoms. The number of hydrogen-bond acceptors (Lipinski definition) is 6. The van der Waals surface area contributed by atoms with Gasteiger partial charge in [-0.05, 0) is 25.0 Å². The van der Waals surface area contributed by atoms with Gasteiger partial charge in [-0.3, -0.25) is 10.0 Å². The van der Waals surface area contributed by atoms with E-state index in [0.29, 0.717) is 23.8 Å². The van der Waals surface area contributed by atoms with Gasteiger partial charge < -0.3 is 14.7 Å². The molecule has 0 radical (unpaired) electrons. The van der Waals surface area contributed by atoms with Crippen molar-refractivity contribution in [2.75, 3.05) is 6.61 Å². The van der Waals surface area contributed by atoms with Crippen molar-refractivity contribution in [1.82, 2.24) is 5.23 Å². The summed E-state index contributed by atoms with van der Waals surface area (Å²) in [6.07, 6.45) is 1.99. The number of ether oxygens (including phenoxy) is 1. The van der Waals surface area contributed by atoms with E-state index >= 15 is 0 Å². The van der Waals surface area contributed by atoms with Crippen LogP contribution in [0.2, 0.25) is 0 Å². The molecule has 6 heteroatoms. The Morgan fingerprint density at radius 2 is 2.44 bits per heavy atom. The molecular weight excluding hydrogens is 214 g/mol. The molecule has 0 aromatic rings. The van der Waals surface area contributed by atoms with Crippen molar-refractivity contribution in [3.63, 3.8) is 0 Å². The average Bonchev–Trinajstić information content (AvgIpc) is 2.56. The first-order chi connectivity index (χ1) is 7.65. The highest BCUT2D eigenvalue weighted by Gasteiger charge is 2.48. The largest absolute Gasteiger partial charge is 0.509 e. The van der Waals surface area contributed by atoms with Crippen molar-refractivity contribution in [1.29, 1.82) is 0 Å². The summed E-state index contributed by atoms with van der Waals surface area (Å²) in [5.74, 6) is -0.425. The Morgan fingerprint density at radius 1 is 1.69 bits per heavy atom. The van der Waals surface area contributed by atoms with E-state index in [1.54, 1.807) is 6.92 Å². The molecule has 2 aliphatic rings. The maximum absolute atomic E-state index is 11.6. The first kappa shape index (κ1) is 11.2. The number of fused-ring (bicyclic) bond motifs is 1. The van der Waals surface area contributed by atoms with E-state index < -0.39 is 12.0 Å². The fourth-order valence-electron chi connectivity index (χ4n) is 2.17. The van der Waals surface area contributed by atoms with E-state index in [2.05, 4.69) is 0 Å². The topological polar surface area (TPSA) is 79.2 Å². The van der Waals surface area contributed by atoms with Crippen molar-refractivity contribution < 1.29 is 24.7 Å². The van der Waals surface area contributed by atoms with Crippen LogP contribution in [0.1, 0.15) is 26.2 Å². The van der Waals surface area contributed by atoms with Crippen LogP contribution in [0.5, 0.6) is 0 Å². The van der Waals surface area contributed by atoms with Crippen LogP contribution in [0.3, 0.4) is 0 Å². The van der Waals surface area contributed by atoms with Gasteiger partial charge in [0.2, 0.25) is 0 Å². The number of allylic oxidation sites excluding steroid dienone is 1. The lowest BCUT2D eigenvalue weighted by Crippen LogP contribution is -2.38. The number of hydrogen-bond donors (Lipinski definition) is 2. The van der Waals surface area contributed by atoms with Crippen LogP contribution < -0.4 is 0 Å². The lowest BCUT2D eigenvalue weighted by Gasteiger charge is -2.19. The number of carbonyl (C=O) groups is 1. The molecule has 6 nitrogen and oxygen atoms in total. The Labute approximate surface area is 93.0 Å². The summed E-state index contributed by atoms with van der Waals surface area (Å²) in [6, 6.07) is -0.864. The summed E-state index contributed by atoms with van der Waals surface area (Å²) in [7, 11) is 0. The number of rotatable bonds is 2. The number of nitrogens with zero attached hydrogens (tertiary/aromatic N) is 1. The first-order valence-corrected chi connectivity index (χ1v) is 5.40. The van der Waals surface area contributed by atoms with Crippen LogP contribution in [-0.4, -0.2) is 34.2 Å². The molecule has 2 atom stereocenters. The minimum absolute atomic E-state index is 0.113. The highest BCUT2D eigenvalue weighted by atomic mass is 16.9. The highest BCUT2D eigenvalue weighted by molar-refractivity contribution is 5.76. The van der Waals surface area contributed by atoms with Gasteiger partial charge in [-0.1, -0.05) is 0 Å². The Kier molecular flexibility index (Phi) is 3.02. The first-order valence-electron chi connectivity index (χ1n) is 5.40. The molecule has 1 saturated heterocycles. The summed E-state index contributed by atoms with van der Waals surface area (Å²) >= 11 is 0. The maximum atomic E-state index is 11.6. The maximum Gasteiger partial charge on any atom is 0.330 e. The van der Waals surface area contributed by atoms with E-state index in [1.165, 1.54) is 0 Å². The van der Waals surface area contributed by atoms with Gasteiger partial charge in [0.1, 0.15) is 5.76 Å². The Bertz CT molecular complexity index is 327. The molecule has 1 heterocycles. The van der Waals surface area contributed by atoms with E-state index in [1.807, 2.05) is 0 Å².